The van der Waals surface area contributed by atoms with Crippen molar-refractivity contribution in [1.82, 2.24) is 9.97 Å². The number of ketones is 2. The van der Waals surface area contributed by atoms with Crippen LogP contribution in [-0.4, -0.2) is 21.5 Å². The van der Waals surface area contributed by atoms with Crippen LogP contribution in [-0.2, 0) is 0 Å². The van der Waals surface area contributed by atoms with Crippen LogP contribution in [0.4, 0.5) is 5.69 Å². The molecular formula is C16H12BrN3O2. The summed E-state index contributed by atoms with van der Waals surface area (Å²) in [4.78, 5) is 33.1. The second-order valence-electron chi connectivity index (χ2n) is 4.97. The highest BCUT2D eigenvalue weighted by atomic mass is 79.9. The van der Waals surface area contributed by atoms with Crippen LogP contribution in [0.5, 0.6) is 0 Å². The van der Waals surface area contributed by atoms with E-state index in [9.17, 15) is 9.59 Å². The van der Waals surface area contributed by atoms with Crippen LogP contribution >= 0.6 is 15.9 Å². The summed E-state index contributed by atoms with van der Waals surface area (Å²) in [6, 6.07) is 7.31. The molecule has 1 aliphatic carbocycles. The molecule has 0 saturated carbocycles. The molecule has 3 rings (SSSR count). The topological polar surface area (TPSA) is 72.0 Å². The van der Waals surface area contributed by atoms with Crippen LogP contribution in [0.25, 0.3) is 0 Å². The summed E-state index contributed by atoms with van der Waals surface area (Å²) < 4.78 is 0.931. The van der Waals surface area contributed by atoms with Crippen molar-refractivity contribution in [3.05, 3.63) is 63.3 Å². The molecule has 110 valence electrons. The third-order valence-corrected chi connectivity index (χ3v) is 3.93. The average Bonchev–Trinajstić information content (AvgIpc) is 2.49. The van der Waals surface area contributed by atoms with E-state index in [1.54, 1.807) is 13.8 Å². The number of benzene rings is 1. The van der Waals surface area contributed by atoms with E-state index in [1.807, 2.05) is 24.3 Å². The number of rotatable bonds is 2. The Morgan fingerprint density at radius 1 is 0.955 bits per heavy atom. The molecule has 0 saturated heterocycles. The lowest BCUT2D eigenvalue weighted by Gasteiger charge is -2.16. The number of carbonyl (C=O) groups is 2. The van der Waals surface area contributed by atoms with Crippen LogP contribution in [0.2, 0.25) is 0 Å². The number of nitrogens with one attached hydrogen (secondary N) is 1. The molecule has 0 fully saturated rings. The second kappa shape index (κ2) is 5.46. The first-order valence-electron chi connectivity index (χ1n) is 6.64. The van der Waals surface area contributed by atoms with E-state index in [1.165, 1.54) is 6.08 Å². The van der Waals surface area contributed by atoms with E-state index in [0.29, 0.717) is 11.4 Å². The molecule has 1 aromatic heterocycles. The van der Waals surface area contributed by atoms with E-state index >= 15 is 0 Å². The molecule has 22 heavy (non-hydrogen) atoms. The third kappa shape index (κ3) is 2.57. The SMILES string of the molecule is Cc1nc2c(nc1C)C(=O)C(Nc1ccc(Br)cc1)=CC2=O. The van der Waals surface area contributed by atoms with Crippen LogP contribution in [0.3, 0.4) is 0 Å². The Morgan fingerprint density at radius 2 is 1.55 bits per heavy atom. The van der Waals surface area contributed by atoms with E-state index in [4.69, 9.17) is 0 Å². The van der Waals surface area contributed by atoms with E-state index in [0.717, 1.165) is 10.2 Å². The van der Waals surface area contributed by atoms with Crippen molar-refractivity contribution < 1.29 is 9.59 Å². The molecule has 0 radical (unpaired) electrons. The van der Waals surface area contributed by atoms with Crippen LogP contribution < -0.4 is 5.32 Å². The number of carbonyl (C=O) groups excluding carboxylic acids is 2. The Kier molecular flexibility index (Phi) is 3.62. The summed E-state index contributed by atoms with van der Waals surface area (Å²) in [5.41, 5.74) is 2.44. The Labute approximate surface area is 135 Å². The Bertz CT molecular complexity index is 826. The number of aromatic nitrogens is 2. The first-order chi connectivity index (χ1) is 10.5. The van der Waals surface area contributed by atoms with Gasteiger partial charge in [0, 0.05) is 16.2 Å². The average molecular weight is 358 g/mol. The van der Waals surface area contributed by atoms with Gasteiger partial charge < -0.3 is 5.32 Å². The number of hydrogen-bond acceptors (Lipinski definition) is 5. The zero-order valence-electron chi connectivity index (χ0n) is 12.0. The fourth-order valence-electron chi connectivity index (χ4n) is 2.11. The standard InChI is InChI=1S/C16H12BrN3O2/c1-8-9(2)19-15-14(18-8)13(21)7-12(16(15)22)20-11-5-3-10(17)4-6-11/h3-7,20H,1-2H3. The fraction of sp³-hybridized carbons (Fsp3) is 0.125. The maximum absolute atomic E-state index is 12.5. The molecule has 0 aliphatic heterocycles. The maximum Gasteiger partial charge on any atom is 0.230 e. The van der Waals surface area contributed by atoms with Gasteiger partial charge in [-0.2, -0.15) is 0 Å². The summed E-state index contributed by atoms with van der Waals surface area (Å²) in [7, 11) is 0. The molecule has 0 atom stereocenters. The molecule has 6 heteroatoms. The summed E-state index contributed by atoms with van der Waals surface area (Å²) in [6.07, 6.45) is 1.27. The zero-order valence-corrected chi connectivity index (χ0v) is 13.6. The first kappa shape index (κ1) is 14.6. The van der Waals surface area contributed by atoms with Gasteiger partial charge in [-0.25, -0.2) is 9.97 Å². The van der Waals surface area contributed by atoms with Gasteiger partial charge in [0.25, 0.3) is 0 Å². The number of Topliss-reactive ketones (excluding diaryl/α,β-unsaturated/α-hetero) is 1. The van der Waals surface area contributed by atoms with Gasteiger partial charge in [-0.15, -0.1) is 0 Å². The fourth-order valence-corrected chi connectivity index (χ4v) is 2.37. The highest BCUT2D eigenvalue weighted by Gasteiger charge is 2.29. The van der Waals surface area contributed by atoms with Gasteiger partial charge in [0.1, 0.15) is 11.4 Å². The number of anilines is 1. The minimum atomic E-state index is -0.326. The van der Waals surface area contributed by atoms with E-state index in [-0.39, 0.29) is 28.7 Å². The minimum Gasteiger partial charge on any atom is -0.352 e. The summed E-state index contributed by atoms with van der Waals surface area (Å²) >= 11 is 3.35. The van der Waals surface area contributed by atoms with Crippen molar-refractivity contribution in [2.75, 3.05) is 5.32 Å². The molecule has 0 unspecified atom stereocenters. The summed E-state index contributed by atoms with van der Waals surface area (Å²) in [5.74, 6) is -0.641. The van der Waals surface area contributed by atoms with E-state index in [2.05, 4.69) is 31.2 Å². The number of aryl methyl sites for hydroxylation is 2. The smallest absolute Gasteiger partial charge is 0.230 e. The Morgan fingerprint density at radius 3 is 2.18 bits per heavy atom. The van der Waals surface area contributed by atoms with Gasteiger partial charge in [-0.3, -0.25) is 9.59 Å². The van der Waals surface area contributed by atoms with Crippen molar-refractivity contribution in [2.24, 2.45) is 0 Å². The predicted molar refractivity (Wildman–Crippen MR) is 86.0 cm³/mol. The third-order valence-electron chi connectivity index (χ3n) is 3.40. The Balaban J connectivity index is 1.98. The van der Waals surface area contributed by atoms with Gasteiger partial charge in [0.15, 0.2) is 0 Å². The predicted octanol–water partition coefficient (Wildman–Crippen LogP) is 3.23. The largest absolute Gasteiger partial charge is 0.352 e. The van der Waals surface area contributed by atoms with Crippen molar-refractivity contribution in [2.45, 2.75) is 13.8 Å². The monoisotopic (exact) mass is 357 g/mol. The van der Waals surface area contributed by atoms with Crippen LogP contribution in [0, 0.1) is 13.8 Å². The number of nitrogens with zero attached hydrogens (tertiary/aromatic N) is 2. The molecule has 1 aromatic carbocycles. The molecule has 0 amide bonds. The maximum atomic E-state index is 12.5. The van der Waals surface area contributed by atoms with Gasteiger partial charge in [0.05, 0.1) is 17.1 Å². The summed E-state index contributed by atoms with van der Waals surface area (Å²) in [6.45, 7) is 3.53. The minimum absolute atomic E-state index is 0.107. The lowest BCUT2D eigenvalue weighted by Crippen LogP contribution is -2.25. The van der Waals surface area contributed by atoms with Crippen molar-refractivity contribution in [3.63, 3.8) is 0 Å². The van der Waals surface area contributed by atoms with Crippen LogP contribution in [0.1, 0.15) is 32.4 Å². The quantitative estimate of drug-likeness (QED) is 0.893. The Hall–Kier alpha value is -2.34. The normalized spacial score (nSPS) is 13.7. The molecule has 1 N–H and O–H groups in total. The number of hydrogen-bond donors (Lipinski definition) is 1. The van der Waals surface area contributed by atoms with Crippen molar-refractivity contribution in [1.29, 1.82) is 0 Å². The molecule has 5 nitrogen and oxygen atoms in total. The number of halogens is 1. The van der Waals surface area contributed by atoms with Crippen molar-refractivity contribution in [3.8, 4) is 0 Å². The molecular weight excluding hydrogens is 346 g/mol. The van der Waals surface area contributed by atoms with E-state index < -0.39 is 0 Å². The molecule has 1 aliphatic rings. The number of allylic oxidation sites excluding steroid dienone is 2. The lowest BCUT2D eigenvalue weighted by atomic mass is 10.0. The lowest BCUT2D eigenvalue weighted by molar-refractivity contribution is 0.0977. The first-order valence-corrected chi connectivity index (χ1v) is 7.43. The summed E-state index contributed by atoms with van der Waals surface area (Å²) in [5, 5.41) is 2.97. The molecule has 1 heterocycles. The van der Waals surface area contributed by atoms with Crippen LogP contribution in [0.15, 0.2) is 40.5 Å². The van der Waals surface area contributed by atoms with Gasteiger partial charge in [-0.05, 0) is 38.1 Å². The van der Waals surface area contributed by atoms with Gasteiger partial charge >= 0.3 is 0 Å². The molecule has 0 bridgehead atoms. The molecule has 0 spiro atoms. The zero-order chi connectivity index (χ0) is 15.9. The van der Waals surface area contributed by atoms with Gasteiger partial charge in [0.2, 0.25) is 11.6 Å². The number of fused-ring (bicyclic) bond motifs is 1. The highest BCUT2D eigenvalue weighted by molar-refractivity contribution is 9.10. The van der Waals surface area contributed by atoms with Gasteiger partial charge in [-0.1, -0.05) is 15.9 Å². The molecule has 2 aromatic rings. The van der Waals surface area contributed by atoms with Crippen molar-refractivity contribution >= 4 is 33.2 Å². The second-order valence-corrected chi connectivity index (χ2v) is 5.89. The highest BCUT2D eigenvalue weighted by Crippen LogP contribution is 2.22.